The van der Waals surface area contributed by atoms with Crippen LogP contribution in [0.2, 0.25) is 0 Å². The molecule has 1 aromatic carbocycles. The van der Waals surface area contributed by atoms with Crippen molar-refractivity contribution in [1.29, 1.82) is 0 Å². The average molecular weight is 485 g/mol. The molecule has 0 radical (unpaired) electrons. The number of halogens is 3. The van der Waals surface area contributed by atoms with Crippen LogP contribution in [0.5, 0.6) is 5.75 Å². The van der Waals surface area contributed by atoms with E-state index >= 15 is 4.39 Å². The number of allylic oxidation sites excluding steroid dienone is 2. The van der Waals surface area contributed by atoms with Gasteiger partial charge in [-0.3, -0.25) is 14.6 Å². The van der Waals surface area contributed by atoms with Gasteiger partial charge in [-0.1, -0.05) is 0 Å². The number of nitrogens with one attached hydrogen (secondary N) is 1. The van der Waals surface area contributed by atoms with Crippen molar-refractivity contribution in [3.63, 3.8) is 0 Å². The molecule has 1 saturated heterocycles. The van der Waals surface area contributed by atoms with E-state index in [0.717, 1.165) is 6.20 Å². The Morgan fingerprint density at radius 1 is 1.29 bits per heavy atom. The topological polar surface area (TPSA) is 80.8 Å². The summed E-state index contributed by atoms with van der Waals surface area (Å²) in [6.07, 6.45) is 2.27. The maximum absolute atomic E-state index is 15.2. The molecule has 182 valence electrons. The number of nitrogens with zero attached hydrogens (tertiary/aromatic N) is 2. The predicted molar refractivity (Wildman–Crippen MR) is 118 cm³/mol. The molecule has 10 heteroatoms. The summed E-state index contributed by atoms with van der Waals surface area (Å²) < 4.78 is 53.6. The van der Waals surface area contributed by atoms with Gasteiger partial charge in [0.25, 0.3) is 11.8 Å². The molecule has 1 aromatic heterocycles. The van der Waals surface area contributed by atoms with Gasteiger partial charge in [0.1, 0.15) is 17.2 Å². The molecule has 5 rings (SSSR count). The summed E-state index contributed by atoms with van der Waals surface area (Å²) >= 11 is 0. The summed E-state index contributed by atoms with van der Waals surface area (Å²) in [5, 5.41) is 2.61. The predicted octanol–water partition coefficient (Wildman–Crippen LogP) is 3.28. The van der Waals surface area contributed by atoms with E-state index in [9.17, 15) is 18.4 Å². The number of ether oxygens (including phenoxy) is 2. The number of hydrogen-bond donors (Lipinski definition) is 1. The number of amides is 2. The molecule has 35 heavy (non-hydrogen) atoms. The number of benzene rings is 1. The van der Waals surface area contributed by atoms with Crippen molar-refractivity contribution in [2.75, 3.05) is 26.3 Å². The van der Waals surface area contributed by atoms with Crippen molar-refractivity contribution < 1.29 is 32.2 Å². The molecule has 1 N–H and O–H groups in total. The summed E-state index contributed by atoms with van der Waals surface area (Å²) in [6, 6.07) is 7.08. The lowest BCUT2D eigenvalue weighted by Crippen LogP contribution is -2.54. The Bertz CT molecular complexity index is 1250. The highest BCUT2D eigenvalue weighted by Crippen LogP contribution is 2.38. The summed E-state index contributed by atoms with van der Waals surface area (Å²) in [6.45, 7) is 1.99. The smallest absolute Gasteiger partial charge is 0.262 e. The van der Waals surface area contributed by atoms with Gasteiger partial charge in [0.2, 0.25) is 0 Å². The Kier molecular flexibility index (Phi) is 5.74. The fourth-order valence-electron chi connectivity index (χ4n) is 4.27. The first kappa shape index (κ1) is 22.9. The maximum Gasteiger partial charge on any atom is 0.262 e. The van der Waals surface area contributed by atoms with Crippen molar-refractivity contribution in [1.82, 2.24) is 15.2 Å². The average Bonchev–Trinajstić information content (AvgIpc) is 2.78. The van der Waals surface area contributed by atoms with Gasteiger partial charge in [0.05, 0.1) is 29.8 Å². The minimum absolute atomic E-state index is 0.0423. The molecule has 2 aliphatic heterocycles. The summed E-state index contributed by atoms with van der Waals surface area (Å²) in [5.41, 5.74) is -0.733. The standard InChI is InChI=1S/C25H22F3N3O4/c1-25(28)8-22-20(30-23(32)13-35-22)7-17(25)24(33)31-10-14(11-31)12-34-21-5-2-15(6-18(21)27)19-4-3-16(26)9-29-19/h2-7,9,14H,8,10-13H2,1H3,(H,30,32). The summed E-state index contributed by atoms with van der Waals surface area (Å²) in [4.78, 5) is 29.9. The number of rotatable bonds is 5. The van der Waals surface area contributed by atoms with Crippen LogP contribution in [0.4, 0.5) is 13.2 Å². The van der Waals surface area contributed by atoms with E-state index in [1.165, 1.54) is 42.2 Å². The van der Waals surface area contributed by atoms with Crippen molar-refractivity contribution >= 4 is 11.8 Å². The Labute approximate surface area is 199 Å². The van der Waals surface area contributed by atoms with Crippen LogP contribution in [0.1, 0.15) is 13.3 Å². The Morgan fingerprint density at radius 3 is 2.80 bits per heavy atom. The first-order valence-corrected chi connectivity index (χ1v) is 11.1. The third-order valence-electron chi connectivity index (χ3n) is 6.20. The monoisotopic (exact) mass is 485 g/mol. The number of hydrogen-bond acceptors (Lipinski definition) is 5. The molecule has 0 bridgehead atoms. The zero-order valence-electron chi connectivity index (χ0n) is 18.8. The van der Waals surface area contributed by atoms with Gasteiger partial charge >= 0.3 is 0 Å². The molecule has 1 atom stereocenters. The van der Waals surface area contributed by atoms with Gasteiger partial charge in [-0.25, -0.2) is 13.2 Å². The van der Waals surface area contributed by atoms with Crippen LogP contribution < -0.4 is 10.1 Å². The normalized spacial score (nSPS) is 22.0. The van der Waals surface area contributed by atoms with Crippen LogP contribution in [0.3, 0.4) is 0 Å². The molecule has 0 spiro atoms. The maximum atomic E-state index is 15.2. The molecule has 2 aromatic rings. The molecule has 1 aliphatic carbocycles. The van der Waals surface area contributed by atoms with Crippen LogP contribution in [0, 0.1) is 17.6 Å². The lowest BCUT2D eigenvalue weighted by Gasteiger charge is -2.42. The first-order valence-electron chi connectivity index (χ1n) is 11.1. The third-order valence-corrected chi connectivity index (χ3v) is 6.20. The number of pyridine rings is 1. The van der Waals surface area contributed by atoms with E-state index in [1.54, 1.807) is 6.07 Å². The zero-order chi connectivity index (χ0) is 24.7. The van der Waals surface area contributed by atoms with E-state index in [2.05, 4.69) is 10.3 Å². The molecule has 1 unspecified atom stereocenters. The number of likely N-dealkylation sites (tertiary alicyclic amines) is 1. The first-order chi connectivity index (χ1) is 16.7. The van der Waals surface area contributed by atoms with Crippen molar-refractivity contribution in [2.24, 2.45) is 5.92 Å². The van der Waals surface area contributed by atoms with Gasteiger partial charge in [-0.05, 0) is 43.3 Å². The second-order valence-electron chi connectivity index (χ2n) is 9.00. The number of aromatic nitrogens is 1. The van der Waals surface area contributed by atoms with Gasteiger partial charge in [-0.15, -0.1) is 0 Å². The highest BCUT2D eigenvalue weighted by molar-refractivity contribution is 5.97. The van der Waals surface area contributed by atoms with Crippen LogP contribution >= 0.6 is 0 Å². The van der Waals surface area contributed by atoms with E-state index in [1.807, 2.05) is 0 Å². The van der Waals surface area contributed by atoms with Gasteiger partial charge < -0.3 is 19.7 Å². The molecule has 2 amide bonds. The van der Waals surface area contributed by atoms with E-state index < -0.39 is 23.2 Å². The molecule has 1 fully saturated rings. The Hall–Kier alpha value is -3.82. The minimum Gasteiger partial charge on any atom is -0.490 e. The van der Waals surface area contributed by atoms with Crippen LogP contribution in [0.25, 0.3) is 11.3 Å². The number of carbonyl (C=O) groups excluding carboxylic acids is 2. The van der Waals surface area contributed by atoms with Crippen molar-refractivity contribution in [3.05, 3.63) is 71.3 Å². The van der Waals surface area contributed by atoms with Crippen molar-refractivity contribution in [3.8, 4) is 17.0 Å². The third kappa shape index (κ3) is 4.60. The summed E-state index contributed by atoms with van der Waals surface area (Å²) in [5.74, 6) is -1.54. The molecule has 3 heterocycles. The number of alkyl halides is 1. The zero-order valence-corrected chi connectivity index (χ0v) is 18.8. The Morgan fingerprint density at radius 2 is 2.09 bits per heavy atom. The highest BCUT2D eigenvalue weighted by atomic mass is 19.1. The quantitative estimate of drug-likeness (QED) is 0.703. The van der Waals surface area contributed by atoms with Crippen LogP contribution in [0.15, 0.2) is 59.6 Å². The SMILES string of the molecule is CC1(F)CC2=C(C=C1C(=O)N1CC(COc3ccc(-c4ccc(F)cn4)cc3F)C1)NC(=O)CO2. The van der Waals surface area contributed by atoms with Crippen molar-refractivity contribution in [2.45, 2.75) is 19.0 Å². The van der Waals surface area contributed by atoms with Gasteiger partial charge in [0, 0.05) is 31.0 Å². The molecule has 7 nitrogen and oxygen atoms in total. The second-order valence-corrected chi connectivity index (χ2v) is 9.00. The van der Waals surface area contributed by atoms with Gasteiger partial charge in [-0.2, -0.15) is 0 Å². The minimum atomic E-state index is -1.93. The van der Waals surface area contributed by atoms with Crippen LogP contribution in [-0.4, -0.2) is 53.7 Å². The molecular formula is C25H22F3N3O4. The molecule has 0 saturated carbocycles. The van der Waals surface area contributed by atoms with Gasteiger partial charge in [0.15, 0.2) is 18.2 Å². The van der Waals surface area contributed by atoms with E-state index in [0.29, 0.717) is 35.8 Å². The van der Waals surface area contributed by atoms with E-state index in [4.69, 9.17) is 9.47 Å². The summed E-state index contributed by atoms with van der Waals surface area (Å²) in [7, 11) is 0. The van der Waals surface area contributed by atoms with E-state index in [-0.39, 0.29) is 42.8 Å². The second kappa shape index (κ2) is 8.75. The number of carbonyl (C=O) groups is 2. The Balaban J connectivity index is 1.18. The largest absolute Gasteiger partial charge is 0.490 e. The fraction of sp³-hybridized carbons (Fsp3) is 0.320. The van der Waals surface area contributed by atoms with Crippen LogP contribution in [-0.2, 0) is 14.3 Å². The fourth-order valence-corrected chi connectivity index (χ4v) is 4.27. The lowest BCUT2D eigenvalue weighted by molar-refractivity contribution is -0.135. The molecular weight excluding hydrogens is 463 g/mol. The lowest BCUT2D eigenvalue weighted by atomic mass is 9.85. The molecule has 3 aliphatic rings. The highest BCUT2D eigenvalue weighted by Gasteiger charge is 2.44.